The highest BCUT2D eigenvalue weighted by Gasteiger charge is 2.30. The van der Waals surface area contributed by atoms with Gasteiger partial charge in [-0.2, -0.15) is 0 Å². The average molecular weight is 233 g/mol. The molecule has 88 valence electrons. The minimum Gasteiger partial charge on any atom is -0.481 e. The largest absolute Gasteiger partial charge is 0.481 e. The molecule has 1 aromatic rings. The molecule has 0 aliphatic carbocycles. The molecule has 0 saturated carbocycles. The van der Waals surface area contributed by atoms with Crippen molar-refractivity contribution in [3.05, 3.63) is 29.8 Å². The number of amides is 2. The lowest BCUT2D eigenvalue weighted by Crippen LogP contribution is -2.28. The average Bonchev–Trinajstić information content (AvgIpc) is 2.58. The van der Waals surface area contributed by atoms with Crippen LogP contribution in [0.5, 0.6) is 0 Å². The third-order valence-electron chi connectivity index (χ3n) is 2.58. The van der Waals surface area contributed by atoms with E-state index < -0.39 is 5.97 Å². The number of anilines is 1. The molecular formula is C12H11NO4. The summed E-state index contributed by atoms with van der Waals surface area (Å²) in [5, 5.41) is 8.68. The standard InChI is InChI=1S/C12H11NO4/c14-10-4-5-11(15)13(10)9-3-1-2-8(6-9)7-12(16)17/h1-3,6H,4-5,7H2,(H,16,17). The fraction of sp³-hybridized carbons (Fsp3) is 0.250. The Balaban J connectivity index is 2.29. The summed E-state index contributed by atoms with van der Waals surface area (Å²) in [5.74, 6) is -1.41. The van der Waals surface area contributed by atoms with Crippen molar-refractivity contribution < 1.29 is 19.5 Å². The van der Waals surface area contributed by atoms with Crippen LogP contribution in [0.3, 0.4) is 0 Å². The summed E-state index contributed by atoms with van der Waals surface area (Å²) >= 11 is 0. The first-order valence-corrected chi connectivity index (χ1v) is 5.24. The van der Waals surface area contributed by atoms with Crippen LogP contribution in [-0.4, -0.2) is 22.9 Å². The molecule has 0 aromatic heterocycles. The van der Waals surface area contributed by atoms with Gasteiger partial charge in [0.2, 0.25) is 11.8 Å². The van der Waals surface area contributed by atoms with Crippen LogP contribution in [0.25, 0.3) is 0 Å². The minimum atomic E-state index is -0.943. The van der Waals surface area contributed by atoms with Crippen molar-refractivity contribution in [2.45, 2.75) is 19.3 Å². The van der Waals surface area contributed by atoms with E-state index in [-0.39, 0.29) is 31.1 Å². The van der Waals surface area contributed by atoms with E-state index in [4.69, 9.17) is 5.11 Å². The highest BCUT2D eigenvalue weighted by atomic mass is 16.4. The molecule has 5 nitrogen and oxygen atoms in total. The van der Waals surface area contributed by atoms with Crippen molar-refractivity contribution in [2.24, 2.45) is 0 Å². The fourth-order valence-corrected chi connectivity index (χ4v) is 1.84. The zero-order valence-electron chi connectivity index (χ0n) is 9.05. The van der Waals surface area contributed by atoms with Crippen molar-refractivity contribution in [2.75, 3.05) is 4.90 Å². The number of carbonyl (C=O) groups excluding carboxylic acids is 2. The summed E-state index contributed by atoms with van der Waals surface area (Å²) in [4.78, 5) is 34.7. The number of nitrogens with zero attached hydrogens (tertiary/aromatic N) is 1. The molecule has 2 amide bonds. The Hall–Kier alpha value is -2.17. The first-order valence-electron chi connectivity index (χ1n) is 5.24. The predicted molar refractivity (Wildman–Crippen MR) is 59.5 cm³/mol. The van der Waals surface area contributed by atoms with Crippen LogP contribution in [-0.2, 0) is 20.8 Å². The molecule has 1 aromatic carbocycles. The van der Waals surface area contributed by atoms with E-state index in [0.717, 1.165) is 4.90 Å². The molecule has 1 aliphatic rings. The summed E-state index contributed by atoms with van der Waals surface area (Å²) in [6.07, 6.45) is 0.327. The maximum absolute atomic E-state index is 11.5. The Morgan fingerprint density at radius 1 is 1.24 bits per heavy atom. The number of aliphatic carboxylic acids is 1. The van der Waals surface area contributed by atoms with Crippen LogP contribution < -0.4 is 4.90 Å². The fourth-order valence-electron chi connectivity index (χ4n) is 1.84. The Labute approximate surface area is 97.7 Å². The predicted octanol–water partition coefficient (Wildman–Crippen LogP) is 0.967. The molecule has 1 N–H and O–H groups in total. The van der Waals surface area contributed by atoms with Crippen molar-refractivity contribution in [1.29, 1.82) is 0 Å². The quantitative estimate of drug-likeness (QED) is 0.789. The number of hydrogen-bond acceptors (Lipinski definition) is 3. The number of rotatable bonds is 3. The summed E-state index contributed by atoms with van der Waals surface area (Å²) < 4.78 is 0. The van der Waals surface area contributed by atoms with Crippen molar-refractivity contribution in [3.63, 3.8) is 0 Å². The first kappa shape index (κ1) is 11.3. The van der Waals surface area contributed by atoms with E-state index in [0.29, 0.717) is 11.3 Å². The molecule has 17 heavy (non-hydrogen) atoms. The Bertz CT molecular complexity index is 479. The zero-order chi connectivity index (χ0) is 12.4. The van der Waals surface area contributed by atoms with Crippen LogP contribution in [0.1, 0.15) is 18.4 Å². The van der Waals surface area contributed by atoms with E-state index >= 15 is 0 Å². The first-order chi connectivity index (χ1) is 8.08. The molecule has 1 heterocycles. The summed E-state index contributed by atoms with van der Waals surface area (Å²) in [5.41, 5.74) is 1.03. The summed E-state index contributed by atoms with van der Waals surface area (Å²) in [7, 11) is 0. The highest BCUT2D eigenvalue weighted by molar-refractivity contribution is 6.19. The van der Waals surface area contributed by atoms with Crippen LogP contribution in [0.2, 0.25) is 0 Å². The van der Waals surface area contributed by atoms with Gasteiger partial charge in [-0.1, -0.05) is 12.1 Å². The van der Waals surface area contributed by atoms with Gasteiger partial charge in [-0.05, 0) is 17.7 Å². The van der Waals surface area contributed by atoms with Crippen molar-refractivity contribution in [3.8, 4) is 0 Å². The molecule has 1 saturated heterocycles. The molecule has 0 spiro atoms. The number of carboxylic acids is 1. The van der Waals surface area contributed by atoms with Crippen molar-refractivity contribution in [1.82, 2.24) is 0 Å². The van der Waals surface area contributed by atoms with Gasteiger partial charge >= 0.3 is 5.97 Å². The van der Waals surface area contributed by atoms with E-state index in [1.807, 2.05) is 0 Å². The Kier molecular flexibility index (Phi) is 2.91. The lowest BCUT2D eigenvalue weighted by Gasteiger charge is -2.14. The molecule has 0 bridgehead atoms. The van der Waals surface area contributed by atoms with Crippen LogP contribution in [0.4, 0.5) is 5.69 Å². The van der Waals surface area contributed by atoms with Gasteiger partial charge in [0.1, 0.15) is 0 Å². The van der Waals surface area contributed by atoms with Gasteiger partial charge in [0, 0.05) is 12.8 Å². The molecule has 2 rings (SSSR count). The molecule has 5 heteroatoms. The second kappa shape index (κ2) is 4.37. The van der Waals surface area contributed by atoms with Gasteiger partial charge in [0.25, 0.3) is 0 Å². The monoisotopic (exact) mass is 233 g/mol. The SMILES string of the molecule is O=C(O)Cc1cccc(N2C(=O)CCC2=O)c1. The van der Waals surface area contributed by atoms with Gasteiger partial charge in [-0.15, -0.1) is 0 Å². The second-order valence-electron chi connectivity index (χ2n) is 3.86. The minimum absolute atomic E-state index is 0.121. The smallest absolute Gasteiger partial charge is 0.307 e. The van der Waals surface area contributed by atoms with E-state index in [1.165, 1.54) is 0 Å². The number of imide groups is 1. The van der Waals surface area contributed by atoms with Gasteiger partial charge < -0.3 is 5.11 Å². The number of hydrogen-bond donors (Lipinski definition) is 1. The van der Waals surface area contributed by atoms with Gasteiger partial charge in [-0.3, -0.25) is 19.3 Å². The Morgan fingerprint density at radius 2 is 1.88 bits per heavy atom. The Morgan fingerprint density at radius 3 is 2.47 bits per heavy atom. The molecule has 1 aliphatic heterocycles. The number of benzene rings is 1. The van der Waals surface area contributed by atoms with Gasteiger partial charge in [0.05, 0.1) is 12.1 Å². The van der Waals surface area contributed by atoms with Gasteiger partial charge in [-0.25, -0.2) is 0 Å². The van der Waals surface area contributed by atoms with E-state index in [9.17, 15) is 14.4 Å². The molecule has 0 atom stereocenters. The van der Waals surface area contributed by atoms with Crippen LogP contribution >= 0.6 is 0 Å². The zero-order valence-corrected chi connectivity index (χ0v) is 9.05. The maximum Gasteiger partial charge on any atom is 0.307 e. The van der Waals surface area contributed by atoms with Gasteiger partial charge in [0.15, 0.2) is 0 Å². The third kappa shape index (κ3) is 2.33. The number of carbonyl (C=O) groups is 3. The summed E-state index contributed by atoms with van der Waals surface area (Å²) in [6, 6.07) is 6.50. The van der Waals surface area contributed by atoms with E-state index in [2.05, 4.69) is 0 Å². The summed E-state index contributed by atoms with van der Waals surface area (Å²) in [6.45, 7) is 0. The maximum atomic E-state index is 11.5. The second-order valence-corrected chi connectivity index (χ2v) is 3.86. The van der Waals surface area contributed by atoms with Crippen LogP contribution in [0, 0.1) is 0 Å². The lowest BCUT2D eigenvalue weighted by atomic mass is 10.1. The third-order valence-corrected chi connectivity index (χ3v) is 2.58. The molecule has 1 fully saturated rings. The number of carboxylic acid groups (broad SMARTS) is 1. The van der Waals surface area contributed by atoms with Crippen LogP contribution in [0.15, 0.2) is 24.3 Å². The lowest BCUT2D eigenvalue weighted by molar-refractivity contribution is -0.136. The van der Waals surface area contributed by atoms with Crippen molar-refractivity contribution >= 4 is 23.5 Å². The highest BCUT2D eigenvalue weighted by Crippen LogP contribution is 2.23. The van der Waals surface area contributed by atoms with E-state index in [1.54, 1.807) is 24.3 Å². The molecule has 0 unspecified atom stereocenters. The topological polar surface area (TPSA) is 74.7 Å². The molecule has 0 radical (unpaired) electrons. The molecular weight excluding hydrogens is 222 g/mol. The normalized spacial score (nSPS) is 15.4.